The third kappa shape index (κ3) is 2.89. The first-order chi connectivity index (χ1) is 14.0. The van der Waals surface area contributed by atoms with Gasteiger partial charge in [-0.15, -0.1) is 0 Å². The summed E-state index contributed by atoms with van der Waals surface area (Å²) in [5.74, 6) is 0.731. The molecule has 3 heterocycles. The zero-order chi connectivity index (χ0) is 20.1. The van der Waals surface area contributed by atoms with Crippen LogP contribution in [0.2, 0.25) is 5.02 Å². The number of benzene rings is 2. The van der Waals surface area contributed by atoms with Crippen molar-refractivity contribution in [1.82, 2.24) is 9.38 Å². The molecule has 0 bridgehead atoms. The smallest absolute Gasteiger partial charge is 0.281 e. The van der Waals surface area contributed by atoms with Crippen molar-refractivity contribution in [2.75, 3.05) is 0 Å². The Hall–Kier alpha value is -3.49. The third-order valence-electron chi connectivity index (χ3n) is 4.47. The van der Waals surface area contributed by atoms with Gasteiger partial charge < -0.3 is 4.42 Å². The van der Waals surface area contributed by atoms with Crippen LogP contribution < -0.4 is 10.1 Å². The Morgan fingerprint density at radius 1 is 1.17 bits per heavy atom. The van der Waals surface area contributed by atoms with Gasteiger partial charge in [0.2, 0.25) is 0 Å². The maximum atomic E-state index is 12.8. The summed E-state index contributed by atoms with van der Waals surface area (Å²) in [4.78, 5) is 28.7. The monoisotopic (exact) mass is 423 g/mol. The normalized spacial score (nSPS) is 12.2. The lowest BCUT2D eigenvalue weighted by molar-refractivity contribution is -0.384. The second kappa shape index (κ2) is 6.54. The zero-order valence-electron chi connectivity index (χ0n) is 14.5. The van der Waals surface area contributed by atoms with Gasteiger partial charge in [0.15, 0.2) is 4.96 Å². The predicted molar refractivity (Wildman–Crippen MR) is 111 cm³/mol. The standard InChI is InChI=1S/C20H10ClN3O4S/c21-11-5-7-13(16(9-11)24(26)27)17-8-6-12(28-17)10-18-19(25)23-15-4-2-1-3-14(15)22-20(23)29-18/h1-10H/b18-10+. The summed E-state index contributed by atoms with van der Waals surface area (Å²) in [6, 6.07) is 15.1. The van der Waals surface area contributed by atoms with Gasteiger partial charge in [0, 0.05) is 17.2 Å². The number of nitro benzene ring substituents is 1. The molecule has 9 heteroatoms. The lowest BCUT2D eigenvalue weighted by Crippen LogP contribution is -2.22. The number of hydrogen-bond acceptors (Lipinski definition) is 6. The largest absolute Gasteiger partial charge is 0.456 e. The zero-order valence-corrected chi connectivity index (χ0v) is 16.1. The second-order valence-corrected chi connectivity index (χ2v) is 7.70. The van der Waals surface area contributed by atoms with Gasteiger partial charge in [-0.1, -0.05) is 35.1 Å². The van der Waals surface area contributed by atoms with E-state index in [1.165, 1.54) is 23.5 Å². The lowest BCUT2D eigenvalue weighted by Gasteiger charge is -2.00. The molecule has 5 rings (SSSR count). The molecule has 3 aromatic heterocycles. The van der Waals surface area contributed by atoms with Crippen LogP contribution >= 0.6 is 22.9 Å². The minimum absolute atomic E-state index is 0.149. The fourth-order valence-electron chi connectivity index (χ4n) is 3.18. The molecule has 142 valence electrons. The van der Waals surface area contributed by atoms with Crippen molar-refractivity contribution in [2.45, 2.75) is 0 Å². The van der Waals surface area contributed by atoms with Crippen molar-refractivity contribution in [1.29, 1.82) is 0 Å². The van der Waals surface area contributed by atoms with Crippen LogP contribution in [0.4, 0.5) is 5.69 Å². The first kappa shape index (κ1) is 17.6. The fraction of sp³-hybridized carbons (Fsp3) is 0. The molecule has 5 aromatic rings. The van der Waals surface area contributed by atoms with Gasteiger partial charge in [-0.3, -0.25) is 14.9 Å². The van der Waals surface area contributed by atoms with E-state index in [0.29, 0.717) is 26.6 Å². The predicted octanol–water partition coefficient (Wildman–Crippen LogP) is 4.28. The van der Waals surface area contributed by atoms with Crippen LogP contribution in [0.3, 0.4) is 0 Å². The number of thiazole rings is 1. The van der Waals surface area contributed by atoms with E-state index in [2.05, 4.69) is 4.98 Å². The molecule has 0 fully saturated rings. The Labute approximate surface area is 171 Å². The van der Waals surface area contributed by atoms with Crippen molar-refractivity contribution in [3.05, 3.63) is 90.4 Å². The Kier molecular flexibility index (Phi) is 3.97. The molecule has 0 radical (unpaired) electrons. The molecule has 0 aliphatic rings. The summed E-state index contributed by atoms with van der Waals surface area (Å²) in [6.45, 7) is 0. The van der Waals surface area contributed by atoms with E-state index in [9.17, 15) is 14.9 Å². The van der Waals surface area contributed by atoms with Gasteiger partial charge in [-0.2, -0.15) is 0 Å². The van der Waals surface area contributed by atoms with Crippen LogP contribution in [0.25, 0.3) is 33.4 Å². The molecule has 0 N–H and O–H groups in total. The molecule has 7 nitrogen and oxygen atoms in total. The van der Waals surface area contributed by atoms with E-state index < -0.39 is 4.92 Å². The number of rotatable bonds is 3. The van der Waals surface area contributed by atoms with Gasteiger partial charge >= 0.3 is 0 Å². The minimum atomic E-state index is -0.512. The van der Waals surface area contributed by atoms with Crippen LogP contribution in [0.5, 0.6) is 0 Å². The Morgan fingerprint density at radius 2 is 2.00 bits per heavy atom. The molecule has 0 aliphatic heterocycles. The van der Waals surface area contributed by atoms with E-state index in [4.69, 9.17) is 16.0 Å². The van der Waals surface area contributed by atoms with Crippen molar-refractivity contribution >= 4 is 50.7 Å². The number of halogens is 1. The molecule has 0 amide bonds. The number of hydrogen-bond donors (Lipinski definition) is 0. The van der Waals surface area contributed by atoms with E-state index >= 15 is 0 Å². The van der Waals surface area contributed by atoms with Gasteiger partial charge in [0.1, 0.15) is 16.1 Å². The summed E-state index contributed by atoms with van der Waals surface area (Å²) in [7, 11) is 0. The first-order valence-electron chi connectivity index (χ1n) is 8.47. The van der Waals surface area contributed by atoms with Gasteiger partial charge in [0.25, 0.3) is 11.2 Å². The van der Waals surface area contributed by atoms with E-state index in [1.54, 1.807) is 28.7 Å². The number of aromatic nitrogens is 2. The van der Waals surface area contributed by atoms with Gasteiger partial charge in [-0.05, 0) is 36.4 Å². The highest BCUT2D eigenvalue weighted by Crippen LogP contribution is 2.33. The number of furan rings is 1. The summed E-state index contributed by atoms with van der Waals surface area (Å²) in [5, 5.41) is 11.6. The van der Waals surface area contributed by atoms with Crippen LogP contribution in [-0.4, -0.2) is 14.3 Å². The van der Waals surface area contributed by atoms with Crippen molar-refractivity contribution in [3.63, 3.8) is 0 Å². The van der Waals surface area contributed by atoms with Crippen molar-refractivity contribution in [2.24, 2.45) is 0 Å². The topological polar surface area (TPSA) is 90.6 Å². The number of imidazole rings is 1. The average Bonchev–Trinajstić information content (AvgIpc) is 3.38. The number of para-hydroxylation sites is 2. The quantitative estimate of drug-likeness (QED) is 0.319. The third-order valence-corrected chi connectivity index (χ3v) is 5.67. The van der Waals surface area contributed by atoms with E-state index in [1.807, 2.05) is 24.3 Å². The molecule has 0 spiro atoms. The van der Waals surface area contributed by atoms with Crippen LogP contribution in [0, 0.1) is 10.1 Å². The average molecular weight is 424 g/mol. The molecule has 0 aliphatic carbocycles. The Bertz CT molecular complexity index is 1530. The minimum Gasteiger partial charge on any atom is -0.456 e. The van der Waals surface area contributed by atoms with Gasteiger partial charge in [-0.25, -0.2) is 9.38 Å². The summed E-state index contributed by atoms with van der Waals surface area (Å²) < 4.78 is 7.79. The summed E-state index contributed by atoms with van der Waals surface area (Å²) in [6.07, 6.45) is 1.61. The number of nitro groups is 1. The van der Waals surface area contributed by atoms with Crippen LogP contribution in [0.15, 0.2) is 63.8 Å². The summed E-state index contributed by atoms with van der Waals surface area (Å²) >= 11 is 7.12. The SMILES string of the molecule is O=c1/c(=C\c2ccc(-c3ccc(Cl)cc3[N+](=O)[O-])o2)sc2nc3ccccc3n12. The summed E-state index contributed by atoms with van der Waals surface area (Å²) in [5.41, 5.74) is 1.49. The highest BCUT2D eigenvalue weighted by Gasteiger charge is 2.19. The lowest BCUT2D eigenvalue weighted by atomic mass is 10.1. The molecular formula is C20H10ClN3O4S. The first-order valence-corrected chi connectivity index (χ1v) is 9.66. The second-order valence-electron chi connectivity index (χ2n) is 6.25. The Morgan fingerprint density at radius 3 is 2.83 bits per heavy atom. The highest BCUT2D eigenvalue weighted by atomic mass is 35.5. The maximum Gasteiger partial charge on any atom is 0.281 e. The molecule has 0 saturated heterocycles. The molecule has 2 aromatic carbocycles. The molecule has 0 atom stereocenters. The fourth-order valence-corrected chi connectivity index (χ4v) is 4.31. The number of fused-ring (bicyclic) bond motifs is 3. The van der Waals surface area contributed by atoms with Crippen molar-refractivity contribution < 1.29 is 9.34 Å². The van der Waals surface area contributed by atoms with E-state index in [-0.39, 0.29) is 16.3 Å². The molecule has 0 unspecified atom stereocenters. The molecule has 29 heavy (non-hydrogen) atoms. The maximum absolute atomic E-state index is 12.8. The van der Waals surface area contributed by atoms with E-state index in [0.717, 1.165) is 11.0 Å². The Balaban J connectivity index is 1.62. The molecule has 0 saturated carbocycles. The van der Waals surface area contributed by atoms with Crippen LogP contribution in [0.1, 0.15) is 5.76 Å². The number of nitrogens with zero attached hydrogens (tertiary/aromatic N) is 3. The molecular weight excluding hydrogens is 414 g/mol. The van der Waals surface area contributed by atoms with Gasteiger partial charge in [0.05, 0.1) is 21.5 Å². The van der Waals surface area contributed by atoms with Crippen LogP contribution in [-0.2, 0) is 0 Å². The highest BCUT2D eigenvalue weighted by molar-refractivity contribution is 7.15. The van der Waals surface area contributed by atoms with Crippen molar-refractivity contribution in [3.8, 4) is 11.3 Å².